The third kappa shape index (κ3) is 3.84. The zero-order chi connectivity index (χ0) is 20.3. The molecule has 2 saturated heterocycles. The monoisotopic (exact) mass is 428 g/mol. The highest BCUT2D eigenvalue weighted by Crippen LogP contribution is 2.47. The van der Waals surface area contributed by atoms with Gasteiger partial charge in [0, 0.05) is 32.1 Å². The molecule has 30 heavy (non-hydrogen) atoms. The predicted octanol–water partition coefficient (Wildman–Crippen LogP) is 3.12. The number of benzene rings is 2. The first kappa shape index (κ1) is 22.3. The molecule has 0 radical (unpaired) electrons. The van der Waals surface area contributed by atoms with Gasteiger partial charge < -0.3 is 14.5 Å². The summed E-state index contributed by atoms with van der Waals surface area (Å²) in [6.45, 7) is 5.45. The summed E-state index contributed by atoms with van der Waals surface area (Å²) >= 11 is 0. The second-order valence-corrected chi connectivity index (χ2v) is 7.80. The highest BCUT2D eigenvalue weighted by Gasteiger charge is 2.55. The minimum absolute atomic E-state index is 0. The summed E-state index contributed by atoms with van der Waals surface area (Å²) in [5, 5.41) is 0. The van der Waals surface area contributed by atoms with Crippen LogP contribution in [0, 0.1) is 5.92 Å². The van der Waals surface area contributed by atoms with E-state index in [1.54, 1.807) is 0 Å². The Hall–Kier alpha value is -2.37. The summed E-state index contributed by atoms with van der Waals surface area (Å²) in [5.41, 5.74) is 1.35. The normalized spacial score (nSPS) is 20.9. The molecule has 0 saturated carbocycles. The number of nitrogens with zero attached hydrogens (tertiary/aromatic N) is 2. The molecule has 160 valence electrons. The van der Waals surface area contributed by atoms with Crippen LogP contribution in [0.2, 0.25) is 0 Å². The summed E-state index contributed by atoms with van der Waals surface area (Å²) in [4.78, 5) is 29.9. The van der Waals surface area contributed by atoms with Gasteiger partial charge in [-0.25, -0.2) is 0 Å². The second kappa shape index (κ2) is 9.63. The Kier molecular flexibility index (Phi) is 7.16. The Labute approximate surface area is 184 Å². The number of rotatable bonds is 6. The van der Waals surface area contributed by atoms with Crippen LogP contribution in [0.1, 0.15) is 24.5 Å². The number of hydrogen-bond donors (Lipinski definition) is 0. The maximum Gasteiger partial charge on any atom is 0.248 e. The molecular formula is C24H29ClN2O3. The Morgan fingerprint density at radius 1 is 0.967 bits per heavy atom. The van der Waals surface area contributed by atoms with Crippen molar-refractivity contribution in [2.24, 2.45) is 5.92 Å². The van der Waals surface area contributed by atoms with Crippen molar-refractivity contribution >= 4 is 24.2 Å². The number of halogens is 1. The molecule has 2 fully saturated rings. The van der Waals surface area contributed by atoms with Crippen LogP contribution in [0.3, 0.4) is 0 Å². The van der Waals surface area contributed by atoms with Crippen LogP contribution < -0.4 is 0 Å². The standard InChI is InChI=1S/C24H28N2O3.ClH/c1-2-25-17-21(13-14-26-15-16-29-18-22(26)27)24(23(25)28,19-9-5-3-6-10-19)20-11-7-4-8-12-20;/h3-12,21H,2,13-18H2,1H3;1H. The fourth-order valence-electron chi connectivity index (χ4n) is 4.88. The molecule has 2 heterocycles. The van der Waals surface area contributed by atoms with Crippen molar-refractivity contribution in [2.75, 3.05) is 39.4 Å². The van der Waals surface area contributed by atoms with E-state index in [9.17, 15) is 9.59 Å². The van der Waals surface area contributed by atoms with E-state index in [4.69, 9.17) is 4.74 Å². The Bertz CT molecular complexity index is 820. The quantitative estimate of drug-likeness (QED) is 0.710. The maximum absolute atomic E-state index is 13.8. The lowest BCUT2D eigenvalue weighted by atomic mass is 9.66. The molecular weight excluding hydrogens is 400 g/mol. The fourth-order valence-corrected chi connectivity index (χ4v) is 4.88. The van der Waals surface area contributed by atoms with E-state index in [1.807, 2.05) is 53.1 Å². The molecule has 2 amide bonds. The van der Waals surface area contributed by atoms with Crippen LogP contribution in [0.4, 0.5) is 0 Å². The van der Waals surface area contributed by atoms with Gasteiger partial charge in [0.25, 0.3) is 0 Å². The van der Waals surface area contributed by atoms with Gasteiger partial charge in [0.15, 0.2) is 0 Å². The van der Waals surface area contributed by atoms with Gasteiger partial charge in [-0.3, -0.25) is 9.59 Å². The molecule has 1 atom stereocenters. The molecule has 0 aromatic heterocycles. The molecule has 2 aliphatic heterocycles. The SMILES string of the molecule is CCN1CC(CCN2CCOCC2=O)C(c2ccccc2)(c2ccccc2)C1=O.Cl. The van der Waals surface area contributed by atoms with Crippen molar-refractivity contribution < 1.29 is 14.3 Å². The average Bonchev–Trinajstić information content (AvgIpc) is 3.06. The van der Waals surface area contributed by atoms with Crippen molar-refractivity contribution in [1.82, 2.24) is 9.80 Å². The third-order valence-electron chi connectivity index (χ3n) is 6.35. The summed E-state index contributed by atoms with van der Waals surface area (Å²) in [5.74, 6) is 0.295. The van der Waals surface area contributed by atoms with Crippen molar-refractivity contribution in [3.8, 4) is 0 Å². The van der Waals surface area contributed by atoms with Crippen molar-refractivity contribution in [3.05, 3.63) is 71.8 Å². The lowest BCUT2D eigenvalue weighted by molar-refractivity contribution is -0.142. The molecule has 2 aliphatic rings. The number of morpholine rings is 1. The number of likely N-dealkylation sites (tertiary alicyclic amines) is 1. The minimum Gasteiger partial charge on any atom is -0.370 e. The van der Waals surface area contributed by atoms with Crippen LogP contribution >= 0.6 is 12.4 Å². The van der Waals surface area contributed by atoms with Gasteiger partial charge in [-0.05, 0) is 24.5 Å². The van der Waals surface area contributed by atoms with Gasteiger partial charge in [0.1, 0.15) is 12.0 Å². The van der Waals surface area contributed by atoms with E-state index in [0.717, 1.165) is 17.5 Å². The lowest BCUT2D eigenvalue weighted by Crippen LogP contribution is -2.45. The Morgan fingerprint density at radius 3 is 2.10 bits per heavy atom. The van der Waals surface area contributed by atoms with Crippen molar-refractivity contribution in [1.29, 1.82) is 0 Å². The van der Waals surface area contributed by atoms with Crippen molar-refractivity contribution in [2.45, 2.75) is 18.8 Å². The van der Waals surface area contributed by atoms with Crippen LogP contribution in [-0.2, 0) is 19.7 Å². The van der Waals surface area contributed by atoms with E-state index in [2.05, 4.69) is 24.3 Å². The average molecular weight is 429 g/mol. The molecule has 2 aromatic rings. The van der Waals surface area contributed by atoms with Crippen LogP contribution in [0.15, 0.2) is 60.7 Å². The molecule has 4 rings (SSSR count). The second-order valence-electron chi connectivity index (χ2n) is 7.80. The largest absolute Gasteiger partial charge is 0.370 e. The van der Waals surface area contributed by atoms with Gasteiger partial charge in [-0.15, -0.1) is 12.4 Å². The van der Waals surface area contributed by atoms with Gasteiger partial charge in [0.05, 0.1) is 6.61 Å². The highest BCUT2D eigenvalue weighted by atomic mass is 35.5. The molecule has 2 aromatic carbocycles. The highest BCUT2D eigenvalue weighted by molar-refractivity contribution is 5.94. The van der Waals surface area contributed by atoms with E-state index in [1.165, 1.54) is 0 Å². The van der Waals surface area contributed by atoms with E-state index >= 15 is 0 Å². The van der Waals surface area contributed by atoms with Crippen molar-refractivity contribution in [3.63, 3.8) is 0 Å². The summed E-state index contributed by atoms with van der Waals surface area (Å²) < 4.78 is 5.26. The topological polar surface area (TPSA) is 49.9 Å². The van der Waals surface area contributed by atoms with E-state index in [-0.39, 0.29) is 36.7 Å². The predicted molar refractivity (Wildman–Crippen MR) is 119 cm³/mol. The molecule has 0 bridgehead atoms. The Morgan fingerprint density at radius 2 is 1.57 bits per heavy atom. The number of amides is 2. The molecule has 0 spiro atoms. The molecule has 0 N–H and O–H groups in total. The molecule has 6 heteroatoms. The lowest BCUT2D eigenvalue weighted by Gasteiger charge is -2.36. The first-order valence-corrected chi connectivity index (χ1v) is 10.4. The van der Waals surface area contributed by atoms with E-state index in [0.29, 0.717) is 32.8 Å². The van der Waals surface area contributed by atoms with Gasteiger partial charge in [-0.2, -0.15) is 0 Å². The number of likely N-dealkylation sites (N-methyl/N-ethyl adjacent to an activating group) is 1. The molecule has 0 aliphatic carbocycles. The smallest absolute Gasteiger partial charge is 0.248 e. The minimum atomic E-state index is -0.714. The van der Waals surface area contributed by atoms with Gasteiger partial charge in [0.2, 0.25) is 11.8 Å². The van der Waals surface area contributed by atoms with Gasteiger partial charge >= 0.3 is 0 Å². The number of hydrogen-bond acceptors (Lipinski definition) is 3. The van der Waals surface area contributed by atoms with Crippen LogP contribution in [0.25, 0.3) is 0 Å². The third-order valence-corrected chi connectivity index (χ3v) is 6.35. The zero-order valence-electron chi connectivity index (χ0n) is 17.3. The van der Waals surface area contributed by atoms with Crippen LogP contribution in [0.5, 0.6) is 0 Å². The fraction of sp³-hybridized carbons (Fsp3) is 0.417. The van der Waals surface area contributed by atoms with Gasteiger partial charge in [-0.1, -0.05) is 60.7 Å². The first-order valence-electron chi connectivity index (χ1n) is 10.4. The number of carbonyl (C=O) groups excluding carboxylic acids is 2. The Balaban J connectivity index is 0.00000256. The number of ether oxygens (including phenoxy) is 1. The summed E-state index contributed by atoms with van der Waals surface area (Å²) in [7, 11) is 0. The van der Waals surface area contributed by atoms with Crippen LogP contribution in [-0.4, -0.2) is 61.0 Å². The molecule has 5 nitrogen and oxygen atoms in total. The summed E-state index contributed by atoms with van der Waals surface area (Å²) in [6, 6.07) is 20.3. The molecule has 1 unspecified atom stereocenters. The van der Waals surface area contributed by atoms with E-state index < -0.39 is 5.41 Å². The first-order chi connectivity index (χ1) is 14.2. The zero-order valence-corrected chi connectivity index (χ0v) is 18.1. The maximum atomic E-state index is 13.8. The number of carbonyl (C=O) groups is 2. The summed E-state index contributed by atoms with van der Waals surface area (Å²) in [6.07, 6.45) is 0.776.